The van der Waals surface area contributed by atoms with Gasteiger partial charge < -0.3 is 16.0 Å². The molecule has 7 heteroatoms. The molecule has 2 heterocycles. The molecule has 2 amide bonds. The second-order valence-corrected chi connectivity index (χ2v) is 9.87. The van der Waals surface area contributed by atoms with E-state index in [0.717, 1.165) is 33.5 Å². The number of carbonyl (C=O) groups excluding carboxylic acids is 2. The zero-order valence-corrected chi connectivity index (χ0v) is 22.2. The third-order valence-corrected chi connectivity index (χ3v) is 6.90. The van der Waals surface area contributed by atoms with Crippen molar-refractivity contribution in [3.8, 4) is 0 Å². The molecule has 1 aliphatic heterocycles. The van der Waals surface area contributed by atoms with Crippen LogP contribution in [0, 0.1) is 27.7 Å². The molecule has 192 valence electrons. The third-order valence-electron chi connectivity index (χ3n) is 6.90. The van der Waals surface area contributed by atoms with Crippen molar-refractivity contribution in [3.05, 3.63) is 118 Å². The van der Waals surface area contributed by atoms with Crippen LogP contribution in [0.3, 0.4) is 0 Å². The minimum atomic E-state index is -0.515. The lowest BCUT2D eigenvalue weighted by molar-refractivity contribution is -0.113. The summed E-state index contributed by atoms with van der Waals surface area (Å²) >= 11 is 0. The van der Waals surface area contributed by atoms with Crippen LogP contribution < -0.4 is 16.0 Å². The molecule has 4 aromatic rings. The van der Waals surface area contributed by atoms with Crippen LogP contribution in [0.15, 0.2) is 84.2 Å². The lowest BCUT2D eigenvalue weighted by Crippen LogP contribution is -2.32. The Labute approximate surface area is 222 Å². The molecule has 5 rings (SSSR count). The molecule has 0 fully saturated rings. The van der Waals surface area contributed by atoms with E-state index in [2.05, 4.69) is 21.0 Å². The Morgan fingerprint density at radius 3 is 2.32 bits per heavy atom. The number of benzene rings is 3. The predicted molar refractivity (Wildman–Crippen MR) is 152 cm³/mol. The standard InChI is InChI=1S/C31H31N5O2/c1-18-9-8-11-23(16-18)34-30(37)25-17-32-36-28(24-12-7-6-10-20(24)3)27(22(5)33-29(25)36)31(38)35-26-14-13-19(2)15-21(26)4/h6-17,28,33H,1-5H3,(H,34,37)(H,35,38). The van der Waals surface area contributed by atoms with Gasteiger partial charge in [0.05, 0.1) is 11.8 Å². The molecular formula is C31H31N5O2. The van der Waals surface area contributed by atoms with E-state index in [4.69, 9.17) is 0 Å². The maximum Gasteiger partial charge on any atom is 0.261 e. The smallest absolute Gasteiger partial charge is 0.261 e. The molecule has 38 heavy (non-hydrogen) atoms. The average Bonchev–Trinajstić information content (AvgIpc) is 3.29. The predicted octanol–water partition coefficient (Wildman–Crippen LogP) is 6.30. The maximum atomic E-state index is 13.8. The number of allylic oxidation sites excluding steroid dienone is 1. The van der Waals surface area contributed by atoms with Crippen molar-refractivity contribution in [3.63, 3.8) is 0 Å². The van der Waals surface area contributed by atoms with Gasteiger partial charge >= 0.3 is 0 Å². The molecule has 0 bridgehead atoms. The monoisotopic (exact) mass is 505 g/mol. The SMILES string of the molecule is CC1=C(C(=O)Nc2ccc(C)cc2C)C(c2ccccc2C)n2ncc(C(=O)Nc3cccc(C)c3)c2N1. The molecule has 3 N–H and O–H groups in total. The first-order valence-corrected chi connectivity index (χ1v) is 12.6. The summed E-state index contributed by atoms with van der Waals surface area (Å²) in [6, 6.07) is 21.0. The van der Waals surface area contributed by atoms with Gasteiger partial charge in [0.1, 0.15) is 17.4 Å². The first-order chi connectivity index (χ1) is 18.2. The van der Waals surface area contributed by atoms with Gasteiger partial charge in [-0.25, -0.2) is 4.68 Å². The third kappa shape index (κ3) is 4.70. The molecule has 0 saturated heterocycles. The minimum absolute atomic E-state index is 0.220. The Balaban J connectivity index is 1.56. The number of aryl methyl sites for hydroxylation is 4. The van der Waals surface area contributed by atoms with Crippen LogP contribution in [0.4, 0.5) is 17.2 Å². The van der Waals surface area contributed by atoms with Gasteiger partial charge in [0, 0.05) is 17.1 Å². The van der Waals surface area contributed by atoms with Crippen LogP contribution in [-0.2, 0) is 4.79 Å². The van der Waals surface area contributed by atoms with Crippen molar-refractivity contribution in [2.45, 2.75) is 40.7 Å². The van der Waals surface area contributed by atoms with Crippen molar-refractivity contribution in [2.75, 3.05) is 16.0 Å². The molecule has 1 aliphatic rings. The topological polar surface area (TPSA) is 88.0 Å². The summed E-state index contributed by atoms with van der Waals surface area (Å²) in [7, 11) is 0. The van der Waals surface area contributed by atoms with Crippen LogP contribution in [0.1, 0.15) is 51.1 Å². The zero-order valence-electron chi connectivity index (χ0n) is 22.2. The molecule has 1 aromatic heterocycles. The van der Waals surface area contributed by atoms with E-state index in [-0.39, 0.29) is 11.8 Å². The van der Waals surface area contributed by atoms with E-state index in [1.807, 2.05) is 101 Å². The lowest BCUT2D eigenvalue weighted by atomic mass is 9.91. The van der Waals surface area contributed by atoms with Gasteiger partial charge in [0.25, 0.3) is 11.8 Å². The molecule has 1 unspecified atom stereocenters. The number of carbonyl (C=O) groups is 2. The number of amides is 2. The fourth-order valence-electron chi connectivity index (χ4n) is 4.96. The average molecular weight is 506 g/mol. The number of nitrogens with zero attached hydrogens (tertiary/aromatic N) is 2. The summed E-state index contributed by atoms with van der Waals surface area (Å²) in [5.41, 5.74) is 8.21. The minimum Gasteiger partial charge on any atom is -0.343 e. The van der Waals surface area contributed by atoms with Gasteiger partial charge in [-0.3, -0.25) is 9.59 Å². The van der Waals surface area contributed by atoms with E-state index >= 15 is 0 Å². The highest BCUT2D eigenvalue weighted by Crippen LogP contribution is 2.39. The Kier molecular flexibility index (Phi) is 6.59. The van der Waals surface area contributed by atoms with E-state index in [9.17, 15) is 9.59 Å². The Hall–Kier alpha value is -4.65. The van der Waals surface area contributed by atoms with Gasteiger partial charge in [0.2, 0.25) is 0 Å². The van der Waals surface area contributed by atoms with Gasteiger partial charge in [-0.15, -0.1) is 0 Å². The van der Waals surface area contributed by atoms with Crippen molar-refractivity contribution < 1.29 is 9.59 Å². The van der Waals surface area contributed by atoms with Crippen LogP contribution >= 0.6 is 0 Å². The second-order valence-electron chi connectivity index (χ2n) is 9.87. The first-order valence-electron chi connectivity index (χ1n) is 12.6. The molecule has 0 radical (unpaired) electrons. The van der Waals surface area contributed by atoms with Crippen LogP contribution in [0.25, 0.3) is 0 Å². The van der Waals surface area contributed by atoms with Crippen LogP contribution in [0.2, 0.25) is 0 Å². The Morgan fingerprint density at radius 1 is 0.816 bits per heavy atom. The maximum absolute atomic E-state index is 13.8. The normalized spacial score (nSPS) is 14.5. The van der Waals surface area contributed by atoms with Crippen molar-refractivity contribution in [1.82, 2.24) is 9.78 Å². The number of hydrogen-bond acceptors (Lipinski definition) is 4. The highest BCUT2D eigenvalue weighted by molar-refractivity contribution is 6.09. The summed E-state index contributed by atoms with van der Waals surface area (Å²) in [4.78, 5) is 27.1. The molecule has 7 nitrogen and oxygen atoms in total. The lowest BCUT2D eigenvalue weighted by Gasteiger charge is -2.31. The molecule has 0 aliphatic carbocycles. The number of rotatable bonds is 5. The summed E-state index contributed by atoms with van der Waals surface area (Å²) in [5, 5.41) is 14.0. The van der Waals surface area contributed by atoms with E-state index in [1.54, 1.807) is 10.9 Å². The van der Waals surface area contributed by atoms with Crippen LogP contribution in [-0.4, -0.2) is 21.6 Å². The molecule has 1 atom stereocenters. The van der Waals surface area contributed by atoms with E-state index in [0.29, 0.717) is 28.3 Å². The van der Waals surface area contributed by atoms with Crippen LogP contribution in [0.5, 0.6) is 0 Å². The second kappa shape index (κ2) is 10.0. The zero-order chi connectivity index (χ0) is 27.0. The number of nitrogens with one attached hydrogen (secondary N) is 3. The van der Waals surface area contributed by atoms with E-state index < -0.39 is 6.04 Å². The first kappa shape index (κ1) is 25.0. The summed E-state index contributed by atoms with van der Waals surface area (Å²) < 4.78 is 1.73. The molecule has 0 saturated carbocycles. The Bertz CT molecular complexity index is 1600. The fraction of sp³-hybridized carbons (Fsp3) is 0.194. The summed E-state index contributed by atoms with van der Waals surface area (Å²) in [6.45, 7) is 9.86. The van der Waals surface area contributed by atoms with Crippen molar-refractivity contribution >= 4 is 29.0 Å². The Morgan fingerprint density at radius 2 is 1.58 bits per heavy atom. The molecular weight excluding hydrogens is 474 g/mol. The molecule has 3 aromatic carbocycles. The fourth-order valence-corrected chi connectivity index (χ4v) is 4.96. The summed E-state index contributed by atoms with van der Waals surface area (Å²) in [5.74, 6) is 0.0509. The van der Waals surface area contributed by atoms with E-state index in [1.165, 1.54) is 0 Å². The van der Waals surface area contributed by atoms with Crippen molar-refractivity contribution in [2.24, 2.45) is 0 Å². The molecule has 0 spiro atoms. The summed E-state index contributed by atoms with van der Waals surface area (Å²) in [6.07, 6.45) is 1.55. The van der Waals surface area contributed by atoms with Gasteiger partial charge in [-0.05, 0) is 75.1 Å². The van der Waals surface area contributed by atoms with Gasteiger partial charge in [-0.2, -0.15) is 5.10 Å². The van der Waals surface area contributed by atoms with Gasteiger partial charge in [0.15, 0.2) is 0 Å². The quantitative estimate of drug-likeness (QED) is 0.297. The number of fused-ring (bicyclic) bond motifs is 1. The van der Waals surface area contributed by atoms with Gasteiger partial charge in [-0.1, -0.05) is 54.1 Å². The number of anilines is 3. The highest BCUT2D eigenvalue weighted by atomic mass is 16.2. The number of hydrogen-bond donors (Lipinski definition) is 3. The number of aromatic nitrogens is 2. The largest absolute Gasteiger partial charge is 0.343 e. The van der Waals surface area contributed by atoms with Crippen molar-refractivity contribution in [1.29, 1.82) is 0 Å². The highest BCUT2D eigenvalue weighted by Gasteiger charge is 2.36.